The van der Waals surface area contributed by atoms with Gasteiger partial charge in [-0.1, -0.05) is 96.8 Å². The third kappa shape index (κ3) is 7.83. The van der Waals surface area contributed by atoms with Gasteiger partial charge in [-0.15, -0.1) is 0 Å². The summed E-state index contributed by atoms with van der Waals surface area (Å²) in [7, 11) is 1.45. The van der Waals surface area contributed by atoms with Crippen LogP contribution in [-0.4, -0.2) is 95.1 Å². The fraction of sp³-hybridized carbons (Fsp3) is 0.275. The maximum Gasteiger partial charge on any atom is 0.421 e. The first kappa shape index (κ1) is 43.9. The number of hydrogen-bond donors (Lipinski definition) is 4. The third-order valence-electron chi connectivity index (χ3n) is 12.3. The molecule has 3 aliphatic rings. The number of benzene rings is 5. The summed E-state index contributed by atoms with van der Waals surface area (Å²) in [6, 6.07) is 34.5. The highest BCUT2D eigenvalue weighted by atomic mass is 16.6. The minimum atomic E-state index is -2.08. The predicted molar refractivity (Wildman–Crippen MR) is 241 cm³/mol. The summed E-state index contributed by atoms with van der Waals surface area (Å²) in [5, 5.41) is 22.4. The molecule has 0 saturated carbocycles. The Morgan fingerprint density at radius 2 is 1.58 bits per heavy atom. The van der Waals surface area contributed by atoms with E-state index in [1.165, 1.54) is 7.11 Å². The molecule has 0 radical (unpaired) electrons. The van der Waals surface area contributed by atoms with Crippen LogP contribution in [0.1, 0.15) is 58.3 Å². The number of carbonyl (C=O) groups is 4. The molecule has 6 aromatic rings. The average molecular weight is 890 g/mol. The highest BCUT2D eigenvalue weighted by Gasteiger charge is 2.75. The number of amides is 3. The number of methoxy groups -OCH3 is 1. The minimum absolute atomic E-state index is 0.0355. The van der Waals surface area contributed by atoms with Crippen molar-refractivity contribution in [3.05, 3.63) is 161 Å². The number of aliphatic hydroxyl groups is 2. The molecule has 3 aliphatic heterocycles. The number of aromatic nitrogens is 2. The van der Waals surface area contributed by atoms with E-state index in [0.717, 1.165) is 16.0 Å². The first-order chi connectivity index (χ1) is 32.3. The Bertz CT molecular complexity index is 2790. The molecule has 1 spiro atoms. The summed E-state index contributed by atoms with van der Waals surface area (Å²) in [4.78, 5) is 72.5. The second kappa shape index (κ2) is 19.0. The summed E-state index contributed by atoms with van der Waals surface area (Å²) in [6.07, 6.45) is -1.79. The number of aliphatic hydroxyl groups excluding tert-OH is 2. The molecule has 0 aliphatic carbocycles. The second-order valence-corrected chi connectivity index (χ2v) is 16.1. The number of anilines is 1. The monoisotopic (exact) mass is 889 g/mol. The first-order valence-electron chi connectivity index (χ1n) is 21.7. The molecule has 0 bridgehead atoms. The molecule has 4 N–H and O–H groups in total. The van der Waals surface area contributed by atoms with Gasteiger partial charge in [-0.2, -0.15) is 0 Å². The van der Waals surface area contributed by atoms with E-state index in [1.54, 1.807) is 42.5 Å². The van der Waals surface area contributed by atoms with Crippen molar-refractivity contribution in [1.29, 1.82) is 0 Å². The summed E-state index contributed by atoms with van der Waals surface area (Å²) in [6.45, 7) is -0.742. The zero-order valence-electron chi connectivity index (χ0n) is 36.0. The third-order valence-corrected chi connectivity index (χ3v) is 12.3. The van der Waals surface area contributed by atoms with E-state index in [4.69, 9.17) is 18.9 Å². The van der Waals surface area contributed by atoms with Gasteiger partial charge in [0.15, 0.2) is 0 Å². The first-order valence-corrected chi connectivity index (χ1v) is 21.7. The molecule has 3 amide bonds. The Morgan fingerprint density at radius 3 is 2.32 bits per heavy atom. The normalized spacial score (nSPS) is 22.0. The molecule has 9 rings (SSSR count). The Hall–Kier alpha value is -7.35. The van der Waals surface area contributed by atoms with Crippen molar-refractivity contribution in [2.24, 2.45) is 5.92 Å². The van der Waals surface area contributed by atoms with E-state index in [0.29, 0.717) is 33.8 Å². The van der Waals surface area contributed by atoms with E-state index in [-0.39, 0.29) is 57.3 Å². The maximum absolute atomic E-state index is 16.3. The van der Waals surface area contributed by atoms with Crippen LogP contribution in [-0.2, 0) is 40.6 Å². The number of para-hydroxylation sites is 2. The Labute approximate surface area is 380 Å². The van der Waals surface area contributed by atoms with E-state index < -0.39 is 59.4 Å². The van der Waals surface area contributed by atoms with Crippen LogP contribution in [0.2, 0.25) is 0 Å². The van der Waals surface area contributed by atoms with Gasteiger partial charge in [-0.25, -0.2) is 14.7 Å². The van der Waals surface area contributed by atoms with Crippen LogP contribution in [0, 0.1) is 17.8 Å². The van der Waals surface area contributed by atoms with Crippen LogP contribution in [0.4, 0.5) is 10.5 Å². The van der Waals surface area contributed by atoms with Crippen LogP contribution in [0.15, 0.2) is 127 Å². The fourth-order valence-corrected chi connectivity index (χ4v) is 9.77. The van der Waals surface area contributed by atoms with Crippen molar-refractivity contribution >= 4 is 40.6 Å². The van der Waals surface area contributed by atoms with Crippen molar-refractivity contribution in [2.45, 2.75) is 42.6 Å². The van der Waals surface area contributed by atoms with Crippen molar-refractivity contribution in [3.63, 3.8) is 0 Å². The van der Waals surface area contributed by atoms with E-state index in [9.17, 15) is 15.0 Å². The summed E-state index contributed by atoms with van der Waals surface area (Å²) >= 11 is 0. The lowest BCUT2D eigenvalue weighted by Gasteiger charge is -2.46. The van der Waals surface area contributed by atoms with Gasteiger partial charge in [0.2, 0.25) is 11.8 Å². The molecular weight excluding hydrogens is 843 g/mol. The van der Waals surface area contributed by atoms with Gasteiger partial charge in [-0.3, -0.25) is 19.3 Å². The number of rotatable bonds is 13. The maximum atomic E-state index is 16.3. The number of fused-ring (bicyclic) bond motifs is 4. The van der Waals surface area contributed by atoms with E-state index in [1.807, 2.05) is 89.8 Å². The number of nitrogens with zero attached hydrogens (tertiary/aromatic N) is 3. The number of ether oxygens (including phenoxy) is 4. The Balaban J connectivity index is 1.33. The van der Waals surface area contributed by atoms with Crippen LogP contribution in [0.3, 0.4) is 0 Å². The molecule has 1 aromatic heterocycles. The highest BCUT2D eigenvalue weighted by molar-refractivity contribution is 6.23. The largest absolute Gasteiger partial charge is 0.491 e. The van der Waals surface area contributed by atoms with Crippen LogP contribution >= 0.6 is 0 Å². The van der Waals surface area contributed by atoms with Crippen molar-refractivity contribution in [3.8, 4) is 17.6 Å². The lowest BCUT2D eigenvalue weighted by molar-refractivity contribution is -0.178. The molecule has 5 aromatic carbocycles. The van der Waals surface area contributed by atoms with E-state index in [2.05, 4.69) is 27.1 Å². The number of cyclic esters (lactones) is 1. The molecule has 2 saturated heterocycles. The van der Waals surface area contributed by atoms with Crippen molar-refractivity contribution in [1.82, 2.24) is 20.2 Å². The number of imide groups is 1. The molecule has 2 fully saturated rings. The number of esters is 1. The average Bonchev–Trinajstić information content (AvgIpc) is 3.99. The van der Waals surface area contributed by atoms with Crippen LogP contribution in [0.5, 0.6) is 5.75 Å². The van der Waals surface area contributed by atoms with Gasteiger partial charge in [-0.05, 0) is 64.7 Å². The number of aromatic amines is 1. The zero-order valence-corrected chi connectivity index (χ0v) is 36.0. The minimum Gasteiger partial charge on any atom is -0.491 e. The number of morpholine rings is 1. The Kier molecular flexibility index (Phi) is 12.6. The number of imidazole rings is 1. The summed E-state index contributed by atoms with van der Waals surface area (Å²) in [5.41, 5.74) is 2.02. The molecule has 4 heterocycles. The van der Waals surface area contributed by atoms with Crippen LogP contribution < -0.4 is 15.0 Å². The molecular formula is C51H47N5O10. The van der Waals surface area contributed by atoms with Crippen molar-refractivity contribution < 1.29 is 48.3 Å². The van der Waals surface area contributed by atoms with Gasteiger partial charge in [0.25, 0.3) is 0 Å². The summed E-state index contributed by atoms with van der Waals surface area (Å²) < 4.78 is 23.3. The van der Waals surface area contributed by atoms with Crippen LogP contribution in [0.25, 0.3) is 11.0 Å². The topological polar surface area (TPSA) is 193 Å². The molecule has 336 valence electrons. The van der Waals surface area contributed by atoms with Crippen molar-refractivity contribution in [2.75, 3.05) is 45.0 Å². The van der Waals surface area contributed by atoms with Gasteiger partial charge in [0.05, 0.1) is 61.1 Å². The second-order valence-electron chi connectivity index (χ2n) is 16.1. The quantitative estimate of drug-likeness (QED) is 0.0654. The Morgan fingerprint density at radius 1 is 0.833 bits per heavy atom. The van der Waals surface area contributed by atoms with Gasteiger partial charge in [0.1, 0.15) is 42.3 Å². The van der Waals surface area contributed by atoms with Gasteiger partial charge >= 0.3 is 12.1 Å². The molecule has 6 atom stereocenters. The molecule has 0 unspecified atom stereocenters. The van der Waals surface area contributed by atoms with Gasteiger partial charge in [0, 0.05) is 19.1 Å². The molecule has 15 nitrogen and oxygen atoms in total. The van der Waals surface area contributed by atoms with E-state index >= 15 is 14.4 Å². The SMILES string of the molecule is COCCOC(=O)N1C(=O)[C@@]2(c3cc(C#CCCO)ccc31)[C@H](c1cccc(OCCO)c1)N1[C@H](c3ccccc3)[C@H](c3ccccc3)OC(=O)[C@H]1[C@@H]2C(=O)NCc1nc2ccccc2[nH]1. The number of carbonyl (C=O) groups excluding carboxylic acids is 4. The lowest BCUT2D eigenvalue weighted by Crippen LogP contribution is -2.55. The van der Waals surface area contributed by atoms with Gasteiger partial charge < -0.3 is 39.5 Å². The standard InChI is InChI=1S/C51H47N5O10/c1-63-27-28-65-50(62)55-40-23-22-32(13-10-11-24-57)29-37(40)51(49(55)61)42(47(59)52-31-41-53-38-20-8-9-21-39(38)54-41)44-48(60)66-45(34-16-6-3-7-17-34)43(33-14-4-2-5-15-33)56(44)46(51)35-18-12-19-36(30-35)64-26-25-58/h2-9,12,14-23,29-30,42-46,57-58H,11,24-28,31H2,1H3,(H,52,59)(H,53,54)/t42-,43-,44-,45+,46+,51-/m1/s1. The lowest BCUT2D eigenvalue weighted by atomic mass is 9.65. The smallest absolute Gasteiger partial charge is 0.421 e. The highest BCUT2D eigenvalue weighted by Crippen LogP contribution is 2.66. The molecule has 15 heteroatoms. The number of hydrogen-bond acceptors (Lipinski definition) is 12. The molecule has 66 heavy (non-hydrogen) atoms. The number of H-pyrrole nitrogens is 1. The fourth-order valence-electron chi connectivity index (χ4n) is 9.77. The zero-order chi connectivity index (χ0) is 45.8. The summed E-state index contributed by atoms with van der Waals surface area (Å²) in [5.74, 6) is 2.96. The predicted octanol–water partition coefficient (Wildman–Crippen LogP) is 5.43. The number of nitrogens with one attached hydrogen (secondary N) is 2.